The fraction of sp³-hybridized carbons (Fsp3) is 0.600. The Morgan fingerprint density at radius 1 is 1.35 bits per heavy atom. The zero-order chi connectivity index (χ0) is 17.8. The van der Waals surface area contributed by atoms with Crippen molar-refractivity contribution in [2.45, 2.75) is 33.2 Å². The summed E-state index contributed by atoms with van der Waals surface area (Å²) in [7, 11) is 0. The molecule has 4 amide bonds. The second-order valence-electron chi connectivity index (χ2n) is 5.97. The van der Waals surface area contributed by atoms with Gasteiger partial charge in [-0.1, -0.05) is 12.2 Å². The van der Waals surface area contributed by atoms with Crippen molar-refractivity contribution < 1.29 is 23.9 Å². The minimum absolute atomic E-state index is 0.360. The molecule has 0 aromatic heterocycles. The van der Waals surface area contributed by atoms with Crippen molar-refractivity contribution in [2.24, 2.45) is 0 Å². The van der Waals surface area contributed by atoms with Gasteiger partial charge >= 0.3 is 12.0 Å². The summed E-state index contributed by atoms with van der Waals surface area (Å²) in [5, 5.41) is 2.46. The lowest BCUT2D eigenvalue weighted by molar-refractivity contribution is -0.153. The first-order chi connectivity index (χ1) is 10.6. The van der Waals surface area contributed by atoms with Crippen molar-refractivity contribution in [2.75, 3.05) is 26.2 Å². The summed E-state index contributed by atoms with van der Waals surface area (Å²) in [5.41, 5.74) is -0.235. The molecule has 8 nitrogen and oxygen atoms in total. The van der Waals surface area contributed by atoms with Crippen molar-refractivity contribution in [1.82, 2.24) is 15.1 Å². The Hall–Kier alpha value is -2.38. The lowest BCUT2D eigenvalue weighted by Gasteiger charge is -2.21. The molecule has 0 radical (unpaired) electrons. The Morgan fingerprint density at radius 3 is 2.39 bits per heavy atom. The van der Waals surface area contributed by atoms with Gasteiger partial charge in [-0.2, -0.15) is 0 Å². The third-order valence-corrected chi connectivity index (χ3v) is 3.28. The fourth-order valence-corrected chi connectivity index (χ4v) is 2.07. The van der Waals surface area contributed by atoms with E-state index in [1.54, 1.807) is 27.7 Å². The van der Waals surface area contributed by atoms with Gasteiger partial charge in [-0.3, -0.25) is 19.3 Å². The number of hydrogen-bond donors (Lipinski definition) is 1. The Bertz CT molecular complexity index is 541. The number of esters is 1. The van der Waals surface area contributed by atoms with E-state index in [2.05, 4.69) is 11.9 Å². The van der Waals surface area contributed by atoms with E-state index < -0.39 is 36.6 Å². The third-order valence-electron chi connectivity index (χ3n) is 3.28. The molecule has 23 heavy (non-hydrogen) atoms. The zero-order valence-electron chi connectivity index (χ0n) is 14.0. The van der Waals surface area contributed by atoms with Crippen molar-refractivity contribution in [3.05, 3.63) is 12.2 Å². The van der Waals surface area contributed by atoms with E-state index in [0.717, 1.165) is 10.5 Å². The number of nitrogens with zero attached hydrogens (tertiary/aromatic N) is 2. The zero-order valence-corrected chi connectivity index (χ0v) is 14.0. The Kier molecular flexibility index (Phi) is 5.89. The molecule has 1 aliphatic rings. The molecule has 0 saturated carbocycles. The van der Waals surface area contributed by atoms with Crippen LogP contribution >= 0.6 is 0 Å². The molecule has 1 fully saturated rings. The second kappa shape index (κ2) is 7.26. The van der Waals surface area contributed by atoms with E-state index in [1.165, 1.54) is 4.90 Å². The Morgan fingerprint density at radius 2 is 1.96 bits per heavy atom. The molecule has 0 spiro atoms. The average Bonchev–Trinajstić information content (AvgIpc) is 2.64. The molecule has 0 unspecified atom stereocenters. The SMILES string of the molecule is C=C(C)CN(CC)C(=O)COC(=O)CN1C(=O)NC(C)(C)C1=O. The summed E-state index contributed by atoms with van der Waals surface area (Å²) in [6.07, 6.45) is 0. The van der Waals surface area contributed by atoms with E-state index in [9.17, 15) is 19.2 Å². The monoisotopic (exact) mass is 325 g/mol. The smallest absolute Gasteiger partial charge is 0.326 e. The molecule has 1 heterocycles. The van der Waals surface area contributed by atoms with Crippen LogP contribution in [0.3, 0.4) is 0 Å². The molecule has 0 bridgehead atoms. The normalized spacial score (nSPS) is 16.1. The number of hydrogen-bond acceptors (Lipinski definition) is 5. The van der Waals surface area contributed by atoms with Crippen LogP contribution in [-0.2, 0) is 19.1 Å². The van der Waals surface area contributed by atoms with Crippen LogP contribution in [0, 0.1) is 0 Å². The summed E-state index contributed by atoms with van der Waals surface area (Å²) in [4.78, 5) is 49.5. The molecule has 0 aromatic carbocycles. The van der Waals surface area contributed by atoms with Crippen molar-refractivity contribution in [1.29, 1.82) is 0 Å². The highest BCUT2D eigenvalue weighted by Gasteiger charge is 2.45. The van der Waals surface area contributed by atoms with Crippen LogP contribution in [0.2, 0.25) is 0 Å². The largest absolute Gasteiger partial charge is 0.454 e. The highest BCUT2D eigenvalue weighted by atomic mass is 16.5. The Balaban J connectivity index is 2.51. The molecule has 1 rings (SSSR count). The van der Waals surface area contributed by atoms with Crippen LogP contribution in [0.5, 0.6) is 0 Å². The maximum Gasteiger partial charge on any atom is 0.326 e. The molecule has 1 aliphatic heterocycles. The number of ether oxygens (including phenoxy) is 1. The quantitative estimate of drug-likeness (QED) is 0.412. The number of nitrogens with one attached hydrogen (secondary N) is 1. The molecule has 0 atom stereocenters. The maximum absolute atomic E-state index is 11.9. The van der Waals surface area contributed by atoms with Gasteiger partial charge in [0.25, 0.3) is 11.8 Å². The molecular formula is C15H23N3O5. The van der Waals surface area contributed by atoms with Gasteiger partial charge in [0.1, 0.15) is 12.1 Å². The number of carbonyl (C=O) groups excluding carboxylic acids is 4. The number of amides is 4. The van der Waals surface area contributed by atoms with Crippen LogP contribution in [-0.4, -0.2) is 65.4 Å². The predicted octanol–water partition coefficient (Wildman–Crippen LogP) is 0.285. The standard InChI is InChI=1S/C15H23N3O5/c1-6-17(7-10(2)3)11(19)9-23-12(20)8-18-13(21)15(4,5)16-14(18)22/h2,6-9H2,1,3-5H3,(H,16,22). The van der Waals surface area contributed by atoms with E-state index in [4.69, 9.17) is 4.74 Å². The average molecular weight is 325 g/mol. The van der Waals surface area contributed by atoms with Gasteiger partial charge in [0.15, 0.2) is 6.61 Å². The highest BCUT2D eigenvalue weighted by Crippen LogP contribution is 2.16. The summed E-state index contributed by atoms with van der Waals surface area (Å²) < 4.78 is 4.86. The number of rotatable bonds is 7. The lowest BCUT2D eigenvalue weighted by atomic mass is 10.1. The van der Waals surface area contributed by atoms with Gasteiger partial charge < -0.3 is 15.0 Å². The summed E-state index contributed by atoms with van der Waals surface area (Å²) >= 11 is 0. The van der Waals surface area contributed by atoms with Crippen molar-refractivity contribution in [3.8, 4) is 0 Å². The molecule has 8 heteroatoms. The van der Waals surface area contributed by atoms with Gasteiger partial charge in [-0.05, 0) is 27.7 Å². The minimum atomic E-state index is -1.05. The second-order valence-corrected chi connectivity index (χ2v) is 5.97. The number of likely N-dealkylation sites (N-methyl/N-ethyl adjacent to an activating group) is 1. The summed E-state index contributed by atoms with van der Waals surface area (Å²) in [6.45, 7) is 10.3. The Labute approximate surface area is 135 Å². The van der Waals surface area contributed by atoms with Crippen molar-refractivity contribution in [3.63, 3.8) is 0 Å². The van der Waals surface area contributed by atoms with E-state index in [1.807, 2.05) is 0 Å². The fourth-order valence-electron chi connectivity index (χ4n) is 2.07. The van der Waals surface area contributed by atoms with Gasteiger partial charge in [-0.25, -0.2) is 4.79 Å². The molecule has 0 aliphatic carbocycles. The highest BCUT2D eigenvalue weighted by molar-refractivity contribution is 6.08. The summed E-state index contributed by atoms with van der Waals surface area (Å²) in [6, 6.07) is -0.652. The van der Waals surface area contributed by atoms with Gasteiger partial charge in [-0.15, -0.1) is 0 Å². The molecule has 1 saturated heterocycles. The topological polar surface area (TPSA) is 96.0 Å². The van der Waals surface area contributed by atoms with E-state index >= 15 is 0 Å². The molecule has 1 N–H and O–H groups in total. The van der Waals surface area contributed by atoms with Crippen LogP contribution in [0.4, 0.5) is 4.79 Å². The molecular weight excluding hydrogens is 302 g/mol. The molecule has 128 valence electrons. The number of imide groups is 1. The maximum atomic E-state index is 11.9. The van der Waals surface area contributed by atoms with Gasteiger partial charge in [0.05, 0.1) is 0 Å². The van der Waals surface area contributed by atoms with Crippen LogP contribution in [0.1, 0.15) is 27.7 Å². The van der Waals surface area contributed by atoms with E-state index in [-0.39, 0.29) is 5.91 Å². The number of carbonyl (C=O) groups is 4. The first-order valence-electron chi connectivity index (χ1n) is 7.30. The van der Waals surface area contributed by atoms with Crippen LogP contribution < -0.4 is 5.32 Å². The van der Waals surface area contributed by atoms with Crippen LogP contribution in [0.25, 0.3) is 0 Å². The van der Waals surface area contributed by atoms with Gasteiger partial charge in [0.2, 0.25) is 0 Å². The van der Waals surface area contributed by atoms with Crippen molar-refractivity contribution >= 4 is 23.8 Å². The van der Waals surface area contributed by atoms with Crippen LogP contribution in [0.15, 0.2) is 12.2 Å². The lowest BCUT2D eigenvalue weighted by Crippen LogP contribution is -2.41. The third kappa shape index (κ3) is 4.80. The predicted molar refractivity (Wildman–Crippen MR) is 82.4 cm³/mol. The minimum Gasteiger partial charge on any atom is -0.454 e. The summed E-state index contributed by atoms with van der Waals surface area (Å²) in [5.74, 6) is -1.68. The first-order valence-corrected chi connectivity index (χ1v) is 7.30. The molecule has 0 aromatic rings. The van der Waals surface area contributed by atoms with Gasteiger partial charge in [0, 0.05) is 13.1 Å². The number of urea groups is 1. The first kappa shape index (κ1) is 18.7. The van der Waals surface area contributed by atoms with E-state index in [0.29, 0.717) is 13.1 Å².